The van der Waals surface area contributed by atoms with Crippen molar-refractivity contribution in [2.24, 2.45) is 0 Å². The highest BCUT2D eigenvalue weighted by Gasteiger charge is 2.51. The summed E-state index contributed by atoms with van der Waals surface area (Å²) in [5.74, 6) is 1.58. The van der Waals surface area contributed by atoms with Crippen LogP contribution in [0.5, 0.6) is 11.5 Å². The van der Waals surface area contributed by atoms with Gasteiger partial charge in [-0.3, -0.25) is 4.90 Å². The number of likely N-dealkylation sites (tertiary alicyclic amines) is 1. The average molecular weight is 472 g/mol. The smallest absolute Gasteiger partial charge is 0.166 e. The van der Waals surface area contributed by atoms with Crippen molar-refractivity contribution >= 4 is 17.3 Å². The van der Waals surface area contributed by atoms with Crippen molar-refractivity contribution in [1.82, 2.24) is 15.5 Å². The lowest BCUT2D eigenvalue weighted by molar-refractivity contribution is 0.134. The van der Waals surface area contributed by atoms with Crippen LogP contribution in [0, 0.1) is 0 Å². The van der Waals surface area contributed by atoms with Crippen LogP contribution in [0.1, 0.15) is 56.6 Å². The van der Waals surface area contributed by atoms with E-state index >= 15 is 0 Å². The van der Waals surface area contributed by atoms with E-state index in [2.05, 4.69) is 46.7 Å². The van der Waals surface area contributed by atoms with Gasteiger partial charge in [0.1, 0.15) is 0 Å². The minimum atomic E-state index is 0.0960. The van der Waals surface area contributed by atoms with Crippen LogP contribution in [0.3, 0.4) is 0 Å². The molecule has 2 aromatic rings. The zero-order valence-corrected chi connectivity index (χ0v) is 20.9. The molecule has 0 spiro atoms. The Bertz CT molecular complexity index is 920. The molecule has 1 aliphatic carbocycles. The van der Waals surface area contributed by atoms with E-state index in [0.717, 1.165) is 74.8 Å². The summed E-state index contributed by atoms with van der Waals surface area (Å²) in [4.78, 5) is 2.63. The SMILES string of the molecule is CCCCNC(=S)N[C@H]1CC[C@@]2(c3ccc(OC)c(OC)c3)CCN(Cc3ccoc3)[C@@H]2C1. The number of ether oxygens (including phenoxy) is 2. The van der Waals surface area contributed by atoms with E-state index in [1.165, 1.54) is 11.1 Å². The third-order valence-electron chi connectivity index (χ3n) is 7.45. The van der Waals surface area contributed by atoms with Crippen molar-refractivity contribution in [3.8, 4) is 11.5 Å². The van der Waals surface area contributed by atoms with Gasteiger partial charge in [-0.2, -0.15) is 0 Å². The molecule has 2 aliphatic rings. The molecule has 1 saturated carbocycles. The summed E-state index contributed by atoms with van der Waals surface area (Å²) in [5, 5.41) is 7.76. The quantitative estimate of drug-likeness (QED) is 0.409. The molecular weight excluding hydrogens is 434 g/mol. The van der Waals surface area contributed by atoms with Gasteiger partial charge in [-0.05, 0) is 74.6 Å². The molecule has 0 unspecified atom stereocenters. The van der Waals surface area contributed by atoms with Crippen LogP contribution in [-0.2, 0) is 12.0 Å². The summed E-state index contributed by atoms with van der Waals surface area (Å²) < 4.78 is 16.5. The molecule has 1 saturated heterocycles. The fraction of sp³-hybridized carbons (Fsp3) is 0.577. The molecule has 1 aliphatic heterocycles. The lowest BCUT2D eigenvalue weighted by atomic mass is 9.65. The highest BCUT2D eigenvalue weighted by molar-refractivity contribution is 7.80. The molecular formula is C26H37N3O3S. The summed E-state index contributed by atoms with van der Waals surface area (Å²) in [6, 6.07) is 9.33. The Labute approximate surface area is 203 Å². The number of fused-ring (bicyclic) bond motifs is 1. The van der Waals surface area contributed by atoms with E-state index in [-0.39, 0.29) is 5.41 Å². The number of unbranched alkanes of at least 4 members (excludes halogenated alkanes) is 1. The number of rotatable bonds is 9. The largest absolute Gasteiger partial charge is 0.493 e. The number of thiocarbonyl (C=S) groups is 1. The second-order valence-electron chi connectivity index (χ2n) is 9.32. The van der Waals surface area contributed by atoms with E-state index in [4.69, 9.17) is 26.1 Å². The average Bonchev–Trinajstić information content (AvgIpc) is 3.48. The zero-order valence-electron chi connectivity index (χ0n) is 20.1. The number of hydrogen-bond donors (Lipinski definition) is 2. The van der Waals surface area contributed by atoms with Gasteiger partial charge in [0.25, 0.3) is 0 Å². The Kier molecular flexibility index (Phi) is 7.81. The molecule has 3 atom stereocenters. The first kappa shape index (κ1) is 23.9. The normalized spacial score (nSPS) is 24.8. The monoisotopic (exact) mass is 471 g/mol. The topological polar surface area (TPSA) is 58.9 Å². The summed E-state index contributed by atoms with van der Waals surface area (Å²) in [6.07, 6.45) is 10.3. The first-order valence-electron chi connectivity index (χ1n) is 12.1. The second-order valence-corrected chi connectivity index (χ2v) is 9.73. The molecule has 4 rings (SSSR count). The second kappa shape index (κ2) is 10.8. The van der Waals surface area contributed by atoms with E-state index in [1.54, 1.807) is 20.5 Å². The van der Waals surface area contributed by atoms with E-state index in [0.29, 0.717) is 12.1 Å². The fourth-order valence-corrected chi connectivity index (χ4v) is 5.95. The van der Waals surface area contributed by atoms with E-state index in [9.17, 15) is 0 Å². The van der Waals surface area contributed by atoms with Crippen LogP contribution in [-0.4, -0.2) is 49.4 Å². The maximum atomic E-state index is 5.66. The summed E-state index contributed by atoms with van der Waals surface area (Å²) >= 11 is 5.59. The van der Waals surface area contributed by atoms with Crippen LogP contribution < -0.4 is 20.1 Å². The zero-order chi connectivity index (χ0) is 23.3. The summed E-state index contributed by atoms with van der Waals surface area (Å²) in [6.45, 7) is 5.10. The number of nitrogens with zero attached hydrogens (tertiary/aromatic N) is 1. The Balaban J connectivity index is 1.56. The van der Waals surface area contributed by atoms with Crippen LogP contribution in [0.25, 0.3) is 0 Å². The lowest BCUT2D eigenvalue weighted by Gasteiger charge is -2.45. The Hall–Kier alpha value is -2.25. The van der Waals surface area contributed by atoms with Crippen LogP contribution in [0.15, 0.2) is 41.2 Å². The predicted octanol–water partition coefficient (Wildman–Crippen LogP) is 4.63. The van der Waals surface area contributed by atoms with Crippen LogP contribution in [0.2, 0.25) is 0 Å². The Morgan fingerprint density at radius 3 is 2.79 bits per heavy atom. The standard InChI is InChI=1S/C26H37N3O3S/c1-4-5-12-27-25(33)28-21-8-10-26(20-6-7-22(30-2)23(15-20)31-3)11-13-29(24(26)16-21)17-19-9-14-32-18-19/h6-7,9,14-15,18,21,24H,4-5,8,10-13,16-17H2,1-3H3,(H2,27,28,33)/t21-,24+,26-/m0/s1. The number of furan rings is 1. The van der Waals surface area contributed by atoms with Crippen molar-refractivity contribution < 1.29 is 13.9 Å². The number of nitrogens with one attached hydrogen (secondary N) is 2. The van der Waals surface area contributed by atoms with E-state index in [1.807, 2.05) is 6.26 Å². The van der Waals surface area contributed by atoms with Gasteiger partial charge in [0.15, 0.2) is 16.6 Å². The number of benzene rings is 1. The van der Waals surface area contributed by atoms with Crippen molar-refractivity contribution in [3.05, 3.63) is 47.9 Å². The molecule has 2 heterocycles. The Morgan fingerprint density at radius 1 is 1.21 bits per heavy atom. The van der Waals surface area contributed by atoms with Crippen molar-refractivity contribution in [1.29, 1.82) is 0 Å². The minimum Gasteiger partial charge on any atom is -0.493 e. The highest BCUT2D eigenvalue weighted by Crippen LogP contribution is 2.50. The van der Waals surface area contributed by atoms with Gasteiger partial charge in [0, 0.05) is 36.2 Å². The fourth-order valence-electron chi connectivity index (χ4n) is 5.68. The molecule has 0 radical (unpaired) electrons. The van der Waals surface area contributed by atoms with Gasteiger partial charge in [-0.25, -0.2) is 0 Å². The van der Waals surface area contributed by atoms with Crippen molar-refractivity contribution in [2.45, 2.75) is 69.5 Å². The molecule has 2 fully saturated rings. The van der Waals surface area contributed by atoms with Gasteiger partial charge in [0.2, 0.25) is 0 Å². The Morgan fingerprint density at radius 2 is 2.06 bits per heavy atom. The molecule has 6 nitrogen and oxygen atoms in total. The maximum absolute atomic E-state index is 5.66. The van der Waals surface area contributed by atoms with Crippen molar-refractivity contribution in [3.63, 3.8) is 0 Å². The van der Waals surface area contributed by atoms with Crippen LogP contribution >= 0.6 is 12.2 Å². The first-order valence-corrected chi connectivity index (χ1v) is 12.5. The van der Waals surface area contributed by atoms with Gasteiger partial charge in [-0.1, -0.05) is 19.4 Å². The summed E-state index contributed by atoms with van der Waals surface area (Å²) in [7, 11) is 3.40. The molecule has 1 aromatic heterocycles. The van der Waals surface area contributed by atoms with Gasteiger partial charge in [-0.15, -0.1) is 0 Å². The van der Waals surface area contributed by atoms with Crippen LogP contribution in [0.4, 0.5) is 0 Å². The van der Waals surface area contributed by atoms with E-state index < -0.39 is 0 Å². The number of methoxy groups -OCH3 is 2. The van der Waals surface area contributed by atoms with Crippen molar-refractivity contribution in [2.75, 3.05) is 27.3 Å². The molecule has 0 amide bonds. The third kappa shape index (κ3) is 5.14. The van der Waals surface area contributed by atoms with Gasteiger partial charge >= 0.3 is 0 Å². The maximum Gasteiger partial charge on any atom is 0.166 e. The number of hydrogen-bond acceptors (Lipinski definition) is 5. The molecule has 2 N–H and O–H groups in total. The first-order chi connectivity index (χ1) is 16.1. The molecule has 33 heavy (non-hydrogen) atoms. The minimum absolute atomic E-state index is 0.0960. The third-order valence-corrected chi connectivity index (χ3v) is 7.71. The highest BCUT2D eigenvalue weighted by atomic mass is 32.1. The molecule has 0 bridgehead atoms. The molecule has 180 valence electrons. The molecule has 7 heteroatoms. The van der Waals surface area contributed by atoms with Gasteiger partial charge in [0.05, 0.1) is 26.7 Å². The van der Waals surface area contributed by atoms with Gasteiger partial charge < -0.3 is 24.5 Å². The summed E-state index contributed by atoms with van der Waals surface area (Å²) in [5.41, 5.74) is 2.67. The molecule has 1 aromatic carbocycles. The predicted molar refractivity (Wildman–Crippen MR) is 135 cm³/mol. The lowest BCUT2D eigenvalue weighted by Crippen LogP contribution is -2.53.